The standard InChI is InChI=1S/C16H22BrNO3/c1-10(14-8-7-13(21-2)9-15(14)17)18-12-5-3-11(4-6-12)16(19)20/h7-12,18H,3-6H2,1-2H3,(H,19,20). The molecule has 2 rings (SSSR count). The van der Waals surface area contributed by atoms with Crippen molar-refractivity contribution in [1.82, 2.24) is 5.32 Å². The number of methoxy groups -OCH3 is 1. The Labute approximate surface area is 134 Å². The average molecular weight is 356 g/mol. The van der Waals surface area contributed by atoms with Crippen molar-refractivity contribution in [2.24, 2.45) is 5.92 Å². The number of ether oxygens (including phenoxy) is 1. The molecule has 1 aromatic carbocycles. The number of hydrogen-bond acceptors (Lipinski definition) is 3. The normalized spacial score (nSPS) is 23.6. The van der Waals surface area contributed by atoms with Gasteiger partial charge in [0.1, 0.15) is 5.75 Å². The van der Waals surface area contributed by atoms with E-state index in [9.17, 15) is 4.79 Å². The van der Waals surface area contributed by atoms with Crippen LogP contribution in [0.25, 0.3) is 0 Å². The van der Waals surface area contributed by atoms with Gasteiger partial charge in [-0.2, -0.15) is 0 Å². The number of hydrogen-bond donors (Lipinski definition) is 2. The summed E-state index contributed by atoms with van der Waals surface area (Å²) in [6.45, 7) is 2.13. The highest BCUT2D eigenvalue weighted by Crippen LogP contribution is 2.30. The number of aliphatic carboxylic acids is 1. The molecule has 0 spiro atoms. The highest BCUT2D eigenvalue weighted by atomic mass is 79.9. The quantitative estimate of drug-likeness (QED) is 0.844. The second-order valence-corrected chi connectivity index (χ2v) is 6.52. The van der Waals surface area contributed by atoms with E-state index in [1.807, 2.05) is 12.1 Å². The minimum atomic E-state index is -0.653. The first-order valence-corrected chi connectivity index (χ1v) is 8.13. The second kappa shape index (κ2) is 7.27. The molecule has 116 valence electrons. The maximum Gasteiger partial charge on any atom is 0.306 e. The minimum Gasteiger partial charge on any atom is -0.497 e. The van der Waals surface area contributed by atoms with E-state index >= 15 is 0 Å². The van der Waals surface area contributed by atoms with Crippen LogP contribution in [0.15, 0.2) is 22.7 Å². The molecule has 0 bridgehead atoms. The molecule has 0 saturated heterocycles. The van der Waals surface area contributed by atoms with Gasteiger partial charge in [-0.1, -0.05) is 22.0 Å². The van der Waals surface area contributed by atoms with E-state index in [1.54, 1.807) is 7.11 Å². The first-order chi connectivity index (χ1) is 10.0. The van der Waals surface area contributed by atoms with Crippen molar-refractivity contribution in [2.75, 3.05) is 7.11 Å². The van der Waals surface area contributed by atoms with E-state index in [1.165, 1.54) is 5.56 Å². The summed E-state index contributed by atoms with van der Waals surface area (Å²) < 4.78 is 6.24. The number of carbonyl (C=O) groups is 1. The molecule has 0 aromatic heterocycles. The highest BCUT2D eigenvalue weighted by Gasteiger charge is 2.26. The lowest BCUT2D eigenvalue weighted by Gasteiger charge is -2.30. The summed E-state index contributed by atoms with van der Waals surface area (Å²) in [6.07, 6.45) is 3.39. The summed E-state index contributed by atoms with van der Waals surface area (Å²) in [5.74, 6) is 0.0188. The maximum absolute atomic E-state index is 11.0. The number of nitrogens with one attached hydrogen (secondary N) is 1. The number of benzene rings is 1. The summed E-state index contributed by atoms with van der Waals surface area (Å²) in [5, 5.41) is 12.6. The summed E-state index contributed by atoms with van der Waals surface area (Å²) in [4.78, 5) is 11.0. The van der Waals surface area contributed by atoms with Gasteiger partial charge < -0.3 is 15.2 Å². The zero-order chi connectivity index (χ0) is 15.4. The molecule has 21 heavy (non-hydrogen) atoms. The van der Waals surface area contributed by atoms with E-state index in [0.29, 0.717) is 6.04 Å². The molecule has 0 amide bonds. The van der Waals surface area contributed by atoms with Crippen LogP contribution in [0.5, 0.6) is 5.75 Å². The van der Waals surface area contributed by atoms with Gasteiger partial charge in [0.05, 0.1) is 13.0 Å². The molecule has 0 heterocycles. The van der Waals surface area contributed by atoms with Gasteiger partial charge in [0.2, 0.25) is 0 Å². The second-order valence-electron chi connectivity index (χ2n) is 5.66. The van der Waals surface area contributed by atoms with Gasteiger partial charge in [-0.25, -0.2) is 0 Å². The molecule has 1 fully saturated rings. The Morgan fingerprint density at radius 3 is 2.57 bits per heavy atom. The van der Waals surface area contributed by atoms with Gasteiger partial charge in [-0.15, -0.1) is 0 Å². The number of rotatable bonds is 5. The molecular weight excluding hydrogens is 334 g/mol. The van der Waals surface area contributed by atoms with Gasteiger partial charge in [0.25, 0.3) is 0 Å². The minimum absolute atomic E-state index is 0.161. The molecule has 0 aliphatic heterocycles. The third-order valence-corrected chi connectivity index (χ3v) is 4.92. The van der Waals surface area contributed by atoms with Crippen LogP contribution in [0.2, 0.25) is 0 Å². The van der Waals surface area contributed by atoms with E-state index in [-0.39, 0.29) is 12.0 Å². The average Bonchev–Trinajstić information content (AvgIpc) is 2.47. The van der Waals surface area contributed by atoms with Crippen molar-refractivity contribution in [3.05, 3.63) is 28.2 Å². The van der Waals surface area contributed by atoms with E-state index in [4.69, 9.17) is 9.84 Å². The van der Waals surface area contributed by atoms with Crippen molar-refractivity contribution in [3.8, 4) is 5.75 Å². The maximum atomic E-state index is 11.0. The van der Waals surface area contributed by atoms with Crippen LogP contribution in [0, 0.1) is 5.92 Å². The molecular formula is C16H22BrNO3. The van der Waals surface area contributed by atoms with Gasteiger partial charge in [0, 0.05) is 16.6 Å². The van der Waals surface area contributed by atoms with Crippen molar-refractivity contribution < 1.29 is 14.6 Å². The largest absolute Gasteiger partial charge is 0.497 e. The first kappa shape index (κ1) is 16.3. The molecule has 1 atom stereocenters. The van der Waals surface area contributed by atoms with Gasteiger partial charge in [0.15, 0.2) is 0 Å². The van der Waals surface area contributed by atoms with Crippen molar-refractivity contribution in [3.63, 3.8) is 0 Å². The first-order valence-electron chi connectivity index (χ1n) is 7.33. The van der Waals surface area contributed by atoms with E-state index in [0.717, 1.165) is 35.9 Å². The van der Waals surface area contributed by atoms with Crippen LogP contribution < -0.4 is 10.1 Å². The van der Waals surface area contributed by atoms with Crippen LogP contribution in [0.1, 0.15) is 44.2 Å². The Hall–Kier alpha value is -1.07. The van der Waals surface area contributed by atoms with Gasteiger partial charge in [-0.05, 0) is 50.3 Å². The molecule has 1 saturated carbocycles. The molecule has 1 unspecified atom stereocenters. The van der Waals surface area contributed by atoms with Crippen LogP contribution in [-0.2, 0) is 4.79 Å². The third-order valence-electron chi connectivity index (χ3n) is 4.24. The fraction of sp³-hybridized carbons (Fsp3) is 0.562. The smallest absolute Gasteiger partial charge is 0.306 e. The summed E-state index contributed by atoms with van der Waals surface area (Å²) >= 11 is 3.58. The molecule has 1 aromatic rings. The van der Waals surface area contributed by atoms with Crippen molar-refractivity contribution >= 4 is 21.9 Å². The van der Waals surface area contributed by atoms with Gasteiger partial charge in [-0.3, -0.25) is 4.79 Å². The molecule has 0 radical (unpaired) electrons. The Morgan fingerprint density at radius 1 is 1.38 bits per heavy atom. The highest BCUT2D eigenvalue weighted by molar-refractivity contribution is 9.10. The van der Waals surface area contributed by atoms with Crippen molar-refractivity contribution in [2.45, 2.75) is 44.7 Å². The SMILES string of the molecule is COc1ccc(C(C)NC2CCC(C(=O)O)CC2)c(Br)c1. The number of halogens is 1. The lowest BCUT2D eigenvalue weighted by molar-refractivity contribution is -0.142. The number of carboxylic acids is 1. The Balaban J connectivity index is 1.93. The predicted molar refractivity (Wildman–Crippen MR) is 85.6 cm³/mol. The molecule has 4 nitrogen and oxygen atoms in total. The van der Waals surface area contributed by atoms with Crippen LogP contribution >= 0.6 is 15.9 Å². The fourth-order valence-electron chi connectivity index (χ4n) is 2.94. The monoisotopic (exact) mass is 355 g/mol. The summed E-state index contributed by atoms with van der Waals surface area (Å²) in [6, 6.07) is 6.60. The Kier molecular flexibility index (Phi) is 5.65. The van der Waals surface area contributed by atoms with Crippen LogP contribution in [-0.4, -0.2) is 24.2 Å². The van der Waals surface area contributed by atoms with Crippen molar-refractivity contribution in [1.29, 1.82) is 0 Å². The third kappa shape index (κ3) is 4.20. The molecule has 1 aliphatic carbocycles. The fourth-order valence-corrected chi connectivity index (χ4v) is 3.64. The topological polar surface area (TPSA) is 58.6 Å². The predicted octanol–water partition coefficient (Wildman–Crippen LogP) is 3.75. The lowest BCUT2D eigenvalue weighted by atomic mass is 9.85. The molecule has 2 N–H and O–H groups in total. The number of carboxylic acid groups (broad SMARTS) is 1. The van der Waals surface area contributed by atoms with E-state index in [2.05, 4.69) is 34.2 Å². The zero-order valence-corrected chi connectivity index (χ0v) is 14.0. The molecule has 5 heteroatoms. The van der Waals surface area contributed by atoms with Crippen LogP contribution in [0.4, 0.5) is 0 Å². The van der Waals surface area contributed by atoms with Crippen LogP contribution in [0.3, 0.4) is 0 Å². The Morgan fingerprint density at radius 2 is 2.05 bits per heavy atom. The Bertz CT molecular complexity index is 498. The van der Waals surface area contributed by atoms with E-state index < -0.39 is 5.97 Å². The summed E-state index contributed by atoms with van der Waals surface area (Å²) in [7, 11) is 1.66. The lowest BCUT2D eigenvalue weighted by Crippen LogP contribution is -2.36. The zero-order valence-electron chi connectivity index (χ0n) is 12.4. The molecule has 1 aliphatic rings. The van der Waals surface area contributed by atoms with Gasteiger partial charge >= 0.3 is 5.97 Å². The summed E-state index contributed by atoms with van der Waals surface area (Å²) in [5.41, 5.74) is 1.19.